The molecule has 0 aromatic carbocycles. The van der Waals surface area contributed by atoms with Crippen molar-refractivity contribution in [2.75, 3.05) is 0 Å². The number of carboxylic acid groups (broad SMARTS) is 2. The van der Waals surface area contributed by atoms with Crippen LogP contribution in [0.1, 0.15) is 0 Å². The van der Waals surface area contributed by atoms with Gasteiger partial charge in [0.1, 0.15) is 0 Å². The van der Waals surface area contributed by atoms with Crippen molar-refractivity contribution >= 4 is 17.7 Å². The maximum Gasteiger partial charge on any atom is 0.384 e. The van der Waals surface area contributed by atoms with Crippen LogP contribution >= 0.6 is 0 Å². The number of carbonyl (C=O) groups excluding carboxylic acids is 1. The number of rotatable bonds is 2. The van der Waals surface area contributed by atoms with Gasteiger partial charge in [0.25, 0.3) is 0 Å². The van der Waals surface area contributed by atoms with Crippen LogP contribution < -0.4 is 0 Å². The van der Waals surface area contributed by atoms with Gasteiger partial charge in [-0.3, -0.25) is 4.79 Å². The maximum absolute atomic E-state index is 9.64. The van der Waals surface area contributed by atoms with Crippen molar-refractivity contribution in [3.05, 3.63) is 0 Å². The fourth-order valence-electron chi connectivity index (χ4n) is 0.0915. The van der Waals surface area contributed by atoms with E-state index in [9.17, 15) is 14.4 Å². The summed E-state index contributed by atoms with van der Waals surface area (Å²) in [6, 6.07) is 0. The second-order valence-electron chi connectivity index (χ2n) is 0.939. The predicted octanol–water partition coefficient (Wildman–Crippen LogP) is -1.28. The number of hydrogen-bond donors (Lipinski definition) is 2. The molecule has 0 saturated carbocycles. The van der Waals surface area contributed by atoms with Gasteiger partial charge in [0.05, 0.1) is 0 Å². The third kappa shape index (κ3) is 3.89. The van der Waals surface area contributed by atoms with Gasteiger partial charge in [-0.1, -0.05) is 0 Å². The first-order chi connectivity index (χ1) is 3.55. The summed E-state index contributed by atoms with van der Waals surface area (Å²) in [6.07, 6.45) is 0. The molecule has 0 atom stereocenters. The minimum absolute atomic E-state index is 0. The summed E-state index contributed by atoms with van der Waals surface area (Å²) in [7, 11) is 0. The van der Waals surface area contributed by atoms with Crippen LogP contribution in [0.25, 0.3) is 0 Å². The third-order valence-electron chi connectivity index (χ3n) is 0.388. The number of hydrogen-bond acceptors (Lipinski definition) is 3. The zero-order valence-corrected chi connectivity index (χ0v) is 5.40. The first kappa shape index (κ1) is 11.2. The SMILES string of the molecule is O=C(O)C(=O)C(=O)O.[Ag]. The van der Waals surface area contributed by atoms with E-state index in [1.54, 1.807) is 0 Å². The van der Waals surface area contributed by atoms with Crippen molar-refractivity contribution in [3.8, 4) is 0 Å². The molecule has 0 fully saturated rings. The molecule has 2 N–H and O–H groups in total. The van der Waals surface area contributed by atoms with E-state index < -0.39 is 17.7 Å². The first-order valence-electron chi connectivity index (χ1n) is 1.56. The summed E-state index contributed by atoms with van der Waals surface area (Å²) in [5.41, 5.74) is 0. The molecule has 6 heteroatoms. The molecule has 5 nitrogen and oxygen atoms in total. The van der Waals surface area contributed by atoms with Gasteiger partial charge in [-0.15, -0.1) is 0 Å². The second-order valence-corrected chi connectivity index (χ2v) is 0.939. The Bertz CT molecular complexity index is 134. The second kappa shape index (κ2) is 4.25. The van der Waals surface area contributed by atoms with Gasteiger partial charge in [-0.25, -0.2) is 9.59 Å². The monoisotopic (exact) mass is 225 g/mol. The van der Waals surface area contributed by atoms with Gasteiger partial charge in [-0.05, 0) is 0 Å². The van der Waals surface area contributed by atoms with E-state index in [0.29, 0.717) is 0 Å². The van der Waals surface area contributed by atoms with Crippen molar-refractivity contribution in [1.29, 1.82) is 0 Å². The Balaban J connectivity index is 0. The number of ketones is 1. The van der Waals surface area contributed by atoms with E-state index in [0.717, 1.165) is 0 Å². The van der Waals surface area contributed by atoms with E-state index in [1.807, 2.05) is 0 Å². The zero-order valence-electron chi connectivity index (χ0n) is 3.92. The Kier molecular flexibility index (Phi) is 5.28. The Morgan fingerprint density at radius 1 is 0.889 bits per heavy atom. The van der Waals surface area contributed by atoms with Gasteiger partial charge in [-0.2, -0.15) is 0 Å². The Hall–Kier alpha value is -0.650. The van der Waals surface area contributed by atoms with Crippen LogP contribution in [0.3, 0.4) is 0 Å². The molecule has 0 aliphatic carbocycles. The van der Waals surface area contributed by atoms with Gasteiger partial charge in [0.2, 0.25) is 0 Å². The van der Waals surface area contributed by atoms with Gasteiger partial charge in [0.15, 0.2) is 0 Å². The van der Waals surface area contributed by atoms with Gasteiger partial charge >= 0.3 is 17.7 Å². The van der Waals surface area contributed by atoms with Crippen LogP contribution in [0.5, 0.6) is 0 Å². The minimum Gasteiger partial charge on any atom is -0.475 e. The molecule has 0 bridgehead atoms. The average molecular weight is 226 g/mol. The molecule has 9 heavy (non-hydrogen) atoms. The average Bonchev–Trinajstić information content (AvgIpc) is 1.64. The molecule has 0 aromatic rings. The molecule has 55 valence electrons. The normalized spacial score (nSPS) is 7.11. The van der Waals surface area contributed by atoms with Crippen LogP contribution in [0.4, 0.5) is 0 Å². The van der Waals surface area contributed by atoms with Crippen LogP contribution in [-0.2, 0) is 36.8 Å². The fraction of sp³-hybridized carbons (Fsp3) is 0. The van der Waals surface area contributed by atoms with Crippen LogP contribution in [0.15, 0.2) is 0 Å². The fourth-order valence-corrected chi connectivity index (χ4v) is 0.0915. The molecule has 0 spiro atoms. The molecule has 0 aliphatic rings. The van der Waals surface area contributed by atoms with Crippen molar-refractivity contribution in [2.24, 2.45) is 0 Å². The number of aliphatic carboxylic acids is 2. The maximum atomic E-state index is 9.64. The summed E-state index contributed by atoms with van der Waals surface area (Å²) in [5, 5.41) is 15.2. The van der Waals surface area contributed by atoms with Gasteiger partial charge in [0, 0.05) is 22.4 Å². The summed E-state index contributed by atoms with van der Waals surface area (Å²) >= 11 is 0. The molecule has 0 aliphatic heterocycles. The molecule has 0 aromatic heterocycles. The van der Waals surface area contributed by atoms with E-state index in [2.05, 4.69) is 0 Å². The number of carbonyl (C=O) groups is 3. The summed E-state index contributed by atoms with van der Waals surface area (Å²) in [5.74, 6) is -5.71. The molecular weight excluding hydrogens is 224 g/mol. The third-order valence-corrected chi connectivity index (χ3v) is 0.388. The first-order valence-corrected chi connectivity index (χ1v) is 1.56. The molecule has 0 saturated heterocycles. The summed E-state index contributed by atoms with van der Waals surface area (Å²) in [6.45, 7) is 0. The van der Waals surface area contributed by atoms with E-state index >= 15 is 0 Å². The smallest absolute Gasteiger partial charge is 0.384 e. The Morgan fingerprint density at radius 3 is 1.11 bits per heavy atom. The minimum atomic E-state index is -1.95. The standard InChI is InChI=1S/C3H2O5.Ag/c4-1(2(5)6)3(7)8;/h(H,5,6)(H,7,8);. The van der Waals surface area contributed by atoms with Crippen LogP contribution in [0.2, 0.25) is 0 Å². The number of carboxylic acids is 2. The number of Topliss-reactive ketones (excluding diaryl/α,β-unsaturated/α-hetero) is 1. The topological polar surface area (TPSA) is 91.7 Å². The van der Waals surface area contributed by atoms with Crippen molar-refractivity contribution in [1.82, 2.24) is 0 Å². The summed E-state index contributed by atoms with van der Waals surface area (Å²) in [4.78, 5) is 28.5. The zero-order chi connectivity index (χ0) is 6.73. The molecule has 0 heterocycles. The Labute approximate surface area is 65.2 Å². The Morgan fingerprint density at radius 2 is 1.11 bits per heavy atom. The summed E-state index contributed by atoms with van der Waals surface area (Å²) < 4.78 is 0. The van der Waals surface area contributed by atoms with E-state index in [1.165, 1.54) is 0 Å². The van der Waals surface area contributed by atoms with Crippen molar-refractivity contribution < 1.29 is 47.0 Å². The largest absolute Gasteiger partial charge is 0.475 e. The van der Waals surface area contributed by atoms with Crippen LogP contribution in [-0.4, -0.2) is 27.9 Å². The van der Waals surface area contributed by atoms with Gasteiger partial charge < -0.3 is 10.2 Å². The molecule has 0 rings (SSSR count). The van der Waals surface area contributed by atoms with E-state index in [4.69, 9.17) is 10.2 Å². The van der Waals surface area contributed by atoms with Crippen LogP contribution in [0, 0.1) is 0 Å². The van der Waals surface area contributed by atoms with Crippen molar-refractivity contribution in [2.45, 2.75) is 0 Å². The van der Waals surface area contributed by atoms with E-state index in [-0.39, 0.29) is 22.4 Å². The molecular formula is C3H2AgO5. The molecule has 1 radical (unpaired) electrons. The molecule has 0 amide bonds. The quantitative estimate of drug-likeness (QED) is 0.347. The van der Waals surface area contributed by atoms with Crippen molar-refractivity contribution in [3.63, 3.8) is 0 Å². The predicted molar refractivity (Wildman–Crippen MR) is 20.3 cm³/mol. The molecule has 0 unspecified atom stereocenters.